The fourth-order valence-corrected chi connectivity index (χ4v) is 2.72. The number of carbonyl (C=O) groups is 1. The van der Waals surface area contributed by atoms with E-state index >= 15 is 0 Å². The molecule has 1 amide bonds. The molecule has 3 rings (SSSR count). The lowest BCUT2D eigenvalue weighted by atomic mass is 10.1. The van der Waals surface area contributed by atoms with Gasteiger partial charge in [-0.05, 0) is 48.7 Å². The number of aromatic nitrogens is 2. The third-order valence-electron chi connectivity index (χ3n) is 4.08. The van der Waals surface area contributed by atoms with Crippen molar-refractivity contribution in [2.75, 3.05) is 5.32 Å². The molecule has 0 aliphatic carbocycles. The van der Waals surface area contributed by atoms with E-state index in [0.717, 1.165) is 28.7 Å². The Morgan fingerprint density at radius 1 is 1.26 bits per heavy atom. The number of hydrogen-bond acceptors (Lipinski definition) is 2. The van der Waals surface area contributed by atoms with Gasteiger partial charge >= 0.3 is 0 Å². The minimum atomic E-state index is 0.0233. The standard InChI is InChI=1S/C19H21N3O/c1-3-15-6-7-17(14(2)13-15)21-18(23)9-12-22-11-8-16-5-4-10-20-19(16)22/h4-8,10-11,13H,3,9,12H2,1-2H3,(H,21,23). The summed E-state index contributed by atoms with van der Waals surface area (Å²) >= 11 is 0. The van der Waals surface area contributed by atoms with E-state index in [1.165, 1.54) is 5.56 Å². The summed E-state index contributed by atoms with van der Waals surface area (Å²) in [5.74, 6) is 0.0233. The lowest BCUT2D eigenvalue weighted by Gasteiger charge is -2.10. The highest BCUT2D eigenvalue weighted by atomic mass is 16.1. The summed E-state index contributed by atoms with van der Waals surface area (Å²) in [6, 6.07) is 12.1. The number of fused-ring (bicyclic) bond motifs is 1. The highest BCUT2D eigenvalue weighted by Crippen LogP contribution is 2.18. The van der Waals surface area contributed by atoms with Gasteiger partial charge in [0.05, 0.1) is 0 Å². The third-order valence-corrected chi connectivity index (χ3v) is 4.08. The fourth-order valence-electron chi connectivity index (χ4n) is 2.72. The smallest absolute Gasteiger partial charge is 0.226 e. The number of nitrogens with one attached hydrogen (secondary N) is 1. The number of aryl methyl sites for hydroxylation is 3. The van der Waals surface area contributed by atoms with Crippen molar-refractivity contribution in [3.05, 3.63) is 59.9 Å². The lowest BCUT2D eigenvalue weighted by Crippen LogP contribution is -2.15. The lowest BCUT2D eigenvalue weighted by molar-refractivity contribution is -0.116. The second kappa shape index (κ2) is 6.65. The number of benzene rings is 1. The number of nitrogens with zero attached hydrogens (tertiary/aromatic N) is 2. The van der Waals surface area contributed by atoms with E-state index in [2.05, 4.69) is 29.4 Å². The van der Waals surface area contributed by atoms with E-state index in [4.69, 9.17) is 0 Å². The Morgan fingerprint density at radius 3 is 2.91 bits per heavy atom. The van der Waals surface area contributed by atoms with Gasteiger partial charge in [-0.3, -0.25) is 4.79 Å². The molecule has 1 N–H and O–H groups in total. The van der Waals surface area contributed by atoms with Crippen LogP contribution in [0, 0.1) is 6.92 Å². The van der Waals surface area contributed by atoms with Crippen LogP contribution in [0.3, 0.4) is 0 Å². The van der Waals surface area contributed by atoms with Gasteiger partial charge in [-0.2, -0.15) is 0 Å². The fraction of sp³-hybridized carbons (Fsp3) is 0.263. The first-order valence-electron chi connectivity index (χ1n) is 7.96. The summed E-state index contributed by atoms with van der Waals surface area (Å²) in [6.07, 6.45) is 5.18. The van der Waals surface area contributed by atoms with Gasteiger partial charge in [0.25, 0.3) is 0 Å². The Bertz CT molecular complexity index is 836. The molecule has 4 nitrogen and oxygen atoms in total. The number of anilines is 1. The average molecular weight is 307 g/mol. The van der Waals surface area contributed by atoms with E-state index in [1.54, 1.807) is 6.20 Å². The average Bonchev–Trinajstić information content (AvgIpc) is 2.98. The molecule has 0 bridgehead atoms. The van der Waals surface area contributed by atoms with Gasteiger partial charge in [-0.15, -0.1) is 0 Å². The molecule has 2 aromatic heterocycles. The van der Waals surface area contributed by atoms with Crippen LogP contribution in [0.15, 0.2) is 48.8 Å². The largest absolute Gasteiger partial charge is 0.332 e. The number of hydrogen-bond donors (Lipinski definition) is 1. The Hall–Kier alpha value is -2.62. The molecule has 0 unspecified atom stereocenters. The zero-order valence-corrected chi connectivity index (χ0v) is 13.5. The number of carbonyl (C=O) groups excluding carboxylic acids is 1. The van der Waals surface area contributed by atoms with E-state index in [1.807, 2.05) is 42.0 Å². The molecule has 0 saturated heterocycles. The predicted octanol–water partition coefficient (Wildman–Crippen LogP) is 3.94. The summed E-state index contributed by atoms with van der Waals surface area (Å²) in [5.41, 5.74) is 4.20. The predicted molar refractivity (Wildman–Crippen MR) is 93.5 cm³/mol. The van der Waals surface area contributed by atoms with Crippen molar-refractivity contribution in [2.45, 2.75) is 33.2 Å². The van der Waals surface area contributed by atoms with E-state index in [-0.39, 0.29) is 5.91 Å². The van der Waals surface area contributed by atoms with Crippen molar-refractivity contribution in [2.24, 2.45) is 0 Å². The van der Waals surface area contributed by atoms with Gasteiger partial charge in [0, 0.05) is 36.4 Å². The number of rotatable bonds is 5. The Kier molecular flexibility index (Phi) is 4.42. The maximum atomic E-state index is 12.2. The van der Waals surface area contributed by atoms with E-state index in [9.17, 15) is 4.79 Å². The molecule has 2 heterocycles. The Balaban J connectivity index is 1.64. The second-order valence-electron chi connectivity index (χ2n) is 5.73. The van der Waals surface area contributed by atoms with Crippen molar-refractivity contribution >= 4 is 22.6 Å². The number of amides is 1. The van der Waals surface area contributed by atoms with Crippen LogP contribution < -0.4 is 5.32 Å². The summed E-state index contributed by atoms with van der Waals surface area (Å²) in [4.78, 5) is 16.6. The number of pyridine rings is 1. The van der Waals surface area contributed by atoms with Gasteiger partial charge in [0.2, 0.25) is 5.91 Å². The van der Waals surface area contributed by atoms with Crippen molar-refractivity contribution in [3.8, 4) is 0 Å². The van der Waals surface area contributed by atoms with Gasteiger partial charge in [0.1, 0.15) is 5.65 Å². The maximum Gasteiger partial charge on any atom is 0.226 e. The molecule has 0 atom stereocenters. The van der Waals surface area contributed by atoms with E-state index in [0.29, 0.717) is 13.0 Å². The van der Waals surface area contributed by atoms with Crippen LogP contribution in [-0.2, 0) is 17.8 Å². The molecule has 0 spiro atoms. The van der Waals surface area contributed by atoms with Crippen LogP contribution in [0.2, 0.25) is 0 Å². The molecule has 0 fully saturated rings. The van der Waals surface area contributed by atoms with Crippen LogP contribution in [0.25, 0.3) is 11.0 Å². The first-order valence-corrected chi connectivity index (χ1v) is 7.96. The second-order valence-corrected chi connectivity index (χ2v) is 5.73. The summed E-state index contributed by atoms with van der Waals surface area (Å²) in [5, 5.41) is 4.10. The maximum absolute atomic E-state index is 12.2. The van der Waals surface area contributed by atoms with Crippen LogP contribution in [0.1, 0.15) is 24.5 Å². The monoisotopic (exact) mass is 307 g/mol. The first-order chi connectivity index (χ1) is 11.2. The minimum Gasteiger partial charge on any atom is -0.332 e. The first kappa shape index (κ1) is 15.3. The van der Waals surface area contributed by atoms with Crippen LogP contribution >= 0.6 is 0 Å². The molecule has 118 valence electrons. The van der Waals surface area contributed by atoms with Crippen LogP contribution in [0.5, 0.6) is 0 Å². The molecule has 3 aromatic rings. The SMILES string of the molecule is CCc1ccc(NC(=O)CCn2ccc3cccnc32)c(C)c1. The Labute approximate surface area is 136 Å². The van der Waals surface area contributed by atoms with E-state index < -0.39 is 0 Å². The minimum absolute atomic E-state index is 0.0233. The molecule has 1 aromatic carbocycles. The zero-order valence-electron chi connectivity index (χ0n) is 13.5. The van der Waals surface area contributed by atoms with Crippen LogP contribution in [-0.4, -0.2) is 15.5 Å². The molecule has 0 aliphatic heterocycles. The molecule has 0 radical (unpaired) electrons. The van der Waals surface area contributed by atoms with Gasteiger partial charge < -0.3 is 9.88 Å². The summed E-state index contributed by atoms with van der Waals surface area (Å²) in [6.45, 7) is 4.78. The molecular weight excluding hydrogens is 286 g/mol. The quantitative estimate of drug-likeness (QED) is 0.776. The molecule has 0 aliphatic rings. The van der Waals surface area contributed by atoms with Crippen molar-refractivity contribution in [3.63, 3.8) is 0 Å². The van der Waals surface area contributed by atoms with Crippen molar-refractivity contribution in [1.29, 1.82) is 0 Å². The molecule has 0 saturated carbocycles. The molecular formula is C19H21N3O. The topological polar surface area (TPSA) is 46.9 Å². The highest BCUT2D eigenvalue weighted by Gasteiger charge is 2.07. The van der Waals surface area contributed by atoms with Crippen molar-refractivity contribution in [1.82, 2.24) is 9.55 Å². The molecule has 23 heavy (non-hydrogen) atoms. The Morgan fingerprint density at radius 2 is 2.13 bits per heavy atom. The summed E-state index contributed by atoms with van der Waals surface area (Å²) in [7, 11) is 0. The summed E-state index contributed by atoms with van der Waals surface area (Å²) < 4.78 is 2.02. The molecule has 4 heteroatoms. The van der Waals surface area contributed by atoms with Gasteiger partial charge in [0.15, 0.2) is 0 Å². The van der Waals surface area contributed by atoms with Crippen molar-refractivity contribution < 1.29 is 4.79 Å². The highest BCUT2D eigenvalue weighted by molar-refractivity contribution is 5.91. The zero-order chi connectivity index (χ0) is 16.2. The van der Waals surface area contributed by atoms with Gasteiger partial charge in [-0.25, -0.2) is 4.98 Å². The van der Waals surface area contributed by atoms with Crippen LogP contribution in [0.4, 0.5) is 5.69 Å². The third kappa shape index (κ3) is 3.42. The normalized spacial score (nSPS) is 10.9. The van der Waals surface area contributed by atoms with Gasteiger partial charge in [-0.1, -0.05) is 19.1 Å².